The van der Waals surface area contributed by atoms with E-state index in [0.29, 0.717) is 0 Å². The minimum Gasteiger partial charge on any atom is -0.352 e. The largest absolute Gasteiger partial charge is 0.352 e. The van der Waals surface area contributed by atoms with Crippen molar-refractivity contribution < 1.29 is 4.79 Å². The summed E-state index contributed by atoms with van der Waals surface area (Å²) < 4.78 is 0. The van der Waals surface area contributed by atoms with Crippen molar-refractivity contribution in [3.05, 3.63) is 0 Å². The van der Waals surface area contributed by atoms with Crippen LogP contribution in [0.1, 0.15) is 65.2 Å². The minimum atomic E-state index is -0.697. The molecule has 96 valence electrons. The van der Waals surface area contributed by atoms with E-state index in [2.05, 4.69) is 18.3 Å². The van der Waals surface area contributed by atoms with Crippen LogP contribution < -0.4 is 5.32 Å². The second-order valence-corrected chi connectivity index (χ2v) is 5.27. The van der Waals surface area contributed by atoms with Gasteiger partial charge in [0.2, 0.25) is 5.91 Å². The number of nitrogens with one attached hydrogen (secondary N) is 1. The standard InChI is InChI=1S/C14H24N2O/c1-3-4-5-6-8-12(2)16-13(17)14(11-15)9-7-10-14/h12H,3-10H2,1-2H3,(H,16,17). The van der Waals surface area contributed by atoms with E-state index in [1.54, 1.807) is 0 Å². The quantitative estimate of drug-likeness (QED) is 0.690. The first-order chi connectivity index (χ1) is 8.14. The maximum absolute atomic E-state index is 11.9. The molecule has 1 aliphatic rings. The Morgan fingerprint density at radius 1 is 1.41 bits per heavy atom. The Bertz CT molecular complexity index is 289. The highest BCUT2D eigenvalue weighted by molar-refractivity contribution is 5.86. The highest BCUT2D eigenvalue weighted by Gasteiger charge is 2.44. The van der Waals surface area contributed by atoms with E-state index >= 15 is 0 Å². The Morgan fingerprint density at radius 3 is 2.59 bits per heavy atom. The van der Waals surface area contributed by atoms with E-state index < -0.39 is 5.41 Å². The van der Waals surface area contributed by atoms with Crippen LogP contribution in [0.4, 0.5) is 0 Å². The molecule has 1 amide bonds. The van der Waals surface area contributed by atoms with Gasteiger partial charge in [0.25, 0.3) is 0 Å². The van der Waals surface area contributed by atoms with Gasteiger partial charge in [-0.1, -0.05) is 32.6 Å². The molecular formula is C14H24N2O. The highest BCUT2D eigenvalue weighted by atomic mass is 16.2. The smallest absolute Gasteiger partial charge is 0.240 e. The first-order valence-electron chi connectivity index (χ1n) is 6.87. The zero-order chi connectivity index (χ0) is 12.7. The third-order valence-corrected chi connectivity index (χ3v) is 3.72. The Kier molecular flexibility index (Phi) is 5.47. The Hall–Kier alpha value is -1.04. The lowest BCUT2D eigenvalue weighted by Crippen LogP contribution is -2.47. The van der Waals surface area contributed by atoms with Crippen LogP contribution in [0, 0.1) is 16.7 Å². The minimum absolute atomic E-state index is 0.0470. The van der Waals surface area contributed by atoms with Crippen molar-refractivity contribution in [3.8, 4) is 6.07 Å². The van der Waals surface area contributed by atoms with Crippen LogP contribution in [0.3, 0.4) is 0 Å². The van der Waals surface area contributed by atoms with Crippen LogP contribution in [0.15, 0.2) is 0 Å². The van der Waals surface area contributed by atoms with E-state index in [-0.39, 0.29) is 11.9 Å². The molecule has 1 fully saturated rings. The van der Waals surface area contributed by atoms with Crippen LogP contribution in [-0.2, 0) is 4.79 Å². The van der Waals surface area contributed by atoms with Crippen LogP contribution in [0.2, 0.25) is 0 Å². The molecular weight excluding hydrogens is 212 g/mol. The molecule has 1 atom stereocenters. The number of carbonyl (C=O) groups excluding carboxylic acids is 1. The van der Waals surface area contributed by atoms with Crippen molar-refractivity contribution in [2.24, 2.45) is 5.41 Å². The number of hydrogen-bond acceptors (Lipinski definition) is 2. The summed E-state index contributed by atoms with van der Waals surface area (Å²) in [6.07, 6.45) is 8.39. The predicted octanol–water partition coefficient (Wildman–Crippen LogP) is 3.16. The number of unbranched alkanes of at least 4 members (excludes halogenated alkanes) is 3. The molecule has 0 radical (unpaired) electrons. The summed E-state index contributed by atoms with van der Waals surface area (Å²) in [6.45, 7) is 4.23. The Labute approximate surface area is 105 Å². The summed E-state index contributed by atoms with van der Waals surface area (Å²) in [6, 6.07) is 2.38. The van der Waals surface area contributed by atoms with Crippen molar-refractivity contribution in [2.45, 2.75) is 71.3 Å². The number of nitrogens with zero attached hydrogens (tertiary/aromatic N) is 1. The molecule has 0 heterocycles. The van der Waals surface area contributed by atoms with Crippen molar-refractivity contribution in [3.63, 3.8) is 0 Å². The second-order valence-electron chi connectivity index (χ2n) is 5.27. The number of hydrogen-bond donors (Lipinski definition) is 1. The van der Waals surface area contributed by atoms with Gasteiger partial charge in [-0.3, -0.25) is 4.79 Å². The van der Waals surface area contributed by atoms with E-state index in [9.17, 15) is 4.79 Å². The molecule has 1 saturated carbocycles. The third kappa shape index (κ3) is 3.73. The summed E-state index contributed by atoms with van der Waals surface area (Å²) in [5.41, 5.74) is -0.697. The van der Waals surface area contributed by atoms with Gasteiger partial charge in [-0.05, 0) is 32.6 Å². The molecule has 0 saturated heterocycles. The van der Waals surface area contributed by atoms with Crippen molar-refractivity contribution in [1.82, 2.24) is 5.32 Å². The van der Waals surface area contributed by atoms with Crippen LogP contribution in [0.25, 0.3) is 0 Å². The summed E-state index contributed by atoms with van der Waals surface area (Å²) in [5, 5.41) is 12.0. The molecule has 0 aromatic carbocycles. The lowest BCUT2D eigenvalue weighted by molar-refractivity contribution is -0.132. The van der Waals surface area contributed by atoms with Gasteiger partial charge in [0.05, 0.1) is 6.07 Å². The van der Waals surface area contributed by atoms with E-state index in [1.807, 2.05) is 6.92 Å². The van der Waals surface area contributed by atoms with Crippen molar-refractivity contribution in [2.75, 3.05) is 0 Å². The SMILES string of the molecule is CCCCCCC(C)NC(=O)C1(C#N)CCC1. The zero-order valence-corrected chi connectivity index (χ0v) is 11.1. The van der Waals surface area contributed by atoms with Crippen LogP contribution >= 0.6 is 0 Å². The maximum Gasteiger partial charge on any atom is 0.240 e. The normalized spacial score (nSPS) is 18.9. The molecule has 1 aliphatic carbocycles. The molecule has 0 aliphatic heterocycles. The van der Waals surface area contributed by atoms with Crippen LogP contribution in [-0.4, -0.2) is 11.9 Å². The van der Waals surface area contributed by atoms with Crippen molar-refractivity contribution in [1.29, 1.82) is 5.26 Å². The first kappa shape index (κ1) is 14.0. The summed E-state index contributed by atoms with van der Waals surface area (Å²) in [5.74, 6) is -0.0470. The van der Waals surface area contributed by atoms with Gasteiger partial charge >= 0.3 is 0 Å². The average molecular weight is 236 g/mol. The van der Waals surface area contributed by atoms with E-state index in [0.717, 1.165) is 32.1 Å². The molecule has 1 rings (SSSR count). The van der Waals surface area contributed by atoms with Gasteiger partial charge < -0.3 is 5.32 Å². The average Bonchev–Trinajstić information content (AvgIpc) is 2.23. The number of rotatable bonds is 7. The molecule has 1 unspecified atom stereocenters. The lowest BCUT2D eigenvalue weighted by Gasteiger charge is -2.34. The molecule has 0 bridgehead atoms. The fourth-order valence-electron chi connectivity index (χ4n) is 2.23. The van der Waals surface area contributed by atoms with Crippen molar-refractivity contribution >= 4 is 5.91 Å². The van der Waals surface area contributed by atoms with Gasteiger partial charge in [0.15, 0.2) is 0 Å². The third-order valence-electron chi connectivity index (χ3n) is 3.72. The monoisotopic (exact) mass is 236 g/mol. The van der Waals surface area contributed by atoms with E-state index in [1.165, 1.54) is 19.3 Å². The van der Waals surface area contributed by atoms with Gasteiger partial charge in [-0.25, -0.2) is 0 Å². The molecule has 3 nitrogen and oxygen atoms in total. The summed E-state index contributed by atoms with van der Waals surface area (Å²) in [7, 11) is 0. The lowest BCUT2D eigenvalue weighted by atomic mass is 9.69. The molecule has 17 heavy (non-hydrogen) atoms. The fraction of sp³-hybridized carbons (Fsp3) is 0.857. The topological polar surface area (TPSA) is 52.9 Å². The number of carbonyl (C=O) groups is 1. The van der Waals surface area contributed by atoms with E-state index in [4.69, 9.17) is 5.26 Å². The highest BCUT2D eigenvalue weighted by Crippen LogP contribution is 2.40. The van der Waals surface area contributed by atoms with Gasteiger partial charge in [-0.2, -0.15) is 5.26 Å². The van der Waals surface area contributed by atoms with Gasteiger partial charge in [0.1, 0.15) is 5.41 Å². The maximum atomic E-state index is 11.9. The molecule has 0 aromatic rings. The number of nitriles is 1. The number of amides is 1. The molecule has 0 spiro atoms. The first-order valence-corrected chi connectivity index (χ1v) is 6.87. The summed E-state index contributed by atoms with van der Waals surface area (Å²) in [4.78, 5) is 11.9. The molecule has 0 aromatic heterocycles. The summed E-state index contributed by atoms with van der Waals surface area (Å²) >= 11 is 0. The predicted molar refractivity (Wildman–Crippen MR) is 68.3 cm³/mol. The van der Waals surface area contributed by atoms with Gasteiger partial charge in [0, 0.05) is 6.04 Å². The van der Waals surface area contributed by atoms with Gasteiger partial charge in [-0.15, -0.1) is 0 Å². The molecule has 3 heteroatoms. The molecule has 1 N–H and O–H groups in total. The Balaban J connectivity index is 2.24. The van der Waals surface area contributed by atoms with Crippen LogP contribution in [0.5, 0.6) is 0 Å². The second kappa shape index (κ2) is 6.64. The fourth-order valence-corrected chi connectivity index (χ4v) is 2.23. The Morgan fingerprint density at radius 2 is 2.12 bits per heavy atom. The zero-order valence-electron chi connectivity index (χ0n) is 11.1.